The molecule has 0 saturated carbocycles. The number of hydrogen-bond donors (Lipinski definition) is 2. The average Bonchev–Trinajstić information content (AvgIpc) is 2.88. The molecule has 0 aliphatic carbocycles. The molecule has 0 amide bonds. The van der Waals surface area contributed by atoms with Crippen molar-refractivity contribution in [2.24, 2.45) is 0 Å². The Kier molecular flexibility index (Phi) is 4.85. The van der Waals surface area contributed by atoms with Crippen LogP contribution in [0.3, 0.4) is 0 Å². The van der Waals surface area contributed by atoms with E-state index in [0.717, 1.165) is 32.2 Å². The minimum Gasteiger partial charge on any atom is -0.490 e. The maximum atomic E-state index is 12.5. The van der Waals surface area contributed by atoms with E-state index >= 15 is 0 Å². The average molecular weight is 326 g/mol. The van der Waals surface area contributed by atoms with Crippen LogP contribution >= 0.6 is 0 Å². The second kappa shape index (κ2) is 6.85. The summed E-state index contributed by atoms with van der Waals surface area (Å²) in [5, 5.41) is 3.26. The summed E-state index contributed by atoms with van der Waals surface area (Å²) >= 11 is 0. The van der Waals surface area contributed by atoms with Crippen LogP contribution in [0, 0.1) is 0 Å². The van der Waals surface area contributed by atoms with Gasteiger partial charge in [-0.1, -0.05) is 6.42 Å². The molecule has 0 spiro atoms. The highest BCUT2D eigenvalue weighted by Crippen LogP contribution is 2.31. The van der Waals surface area contributed by atoms with Crippen molar-refractivity contribution in [3.63, 3.8) is 0 Å². The molecule has 2 aliphatic rings. The van der Waals surface area contributed by atoms with Gasteiger partial charge in [0.05, 0.1) is 18.1 Å². The molecule has 2 heterocycles. The molecule has 2 aliphatic heterocycles. The topological polar surface area (TPSA) is 76.7 Å². The number of rotatable bonds is 3. The number of benzene rings is 1. The third kappa shape index (κ3) is 3.71. The van der Waals surface area contributed by atoms with E-state index < -0.39 is 10.0 Å². The van der Waals surface area contributed by atoms with Crippen molar-refractivity contribution in [3.8, 4) is 11.5 Å². The van der Waals surface area contributed by atoms with Crippen molar-refractivity contribution in [2.75, 3.05) is 26.3 Å². The van der Waals surface area contributed by atoms with Crippen molar-refractivity contribution < 1.29 is 17.9 Å². The Hall–Kier alpha value is -1.31. The Morgan fingerprint density at radius 1 is 1.09 bits per heavy atom. The maximum absolute atomic E-state index is 12.5. The zero-order chi connectivity index (χ0) is 15.4. The second-order valence-corrected chi connectivity index (χ2v) is 7.39. The van der Waals surface area contributed by atoms with Crippen molar-refractivity contribution in [2.45, 2.75) is 36.6 Å². The SMILES string of the molecule is O=S(=O)(NC1CCCCNC1)c1ccc2c(c1)OCCCO2. The van der Waals surface area contributed by atoms with E-state index in [1.807, 2.05) is 0 Å². The highest BCUT2D eigenvalue weighted by Gasteiger charge is 2.23. The van der Waals surface area contributed by atoms with Crippen molar-refractivity contribution in [3.05, 3.63) is 18.2 Å². The number of ether oxygens (including phenoxy) is 2. The van der Waals surface area contributed by atoms with Gasteiger partial charge in [0.2, 0.25) is 10.0 Å². The van der Waals surface area contributed by atoms with E-state index in [9.17, 15) is 8.42 Å². The summed E-state index contributed by atoms with van der Waals surface area (Å²) in [4.78, 5) is 0.223. The van der Waals surface area contributed by atoms with Gasteiger partial charge in [0.1, 0.15) is 0 Å². The third-order valence-corrected chi connectivity index (χ3v) is 5.42. The zero-order valence-corrected chi connectivity index (χ0v) is 13.3. The van der Waals surface area contributed by atoms with Gasteiger partial charge < -0.3 is 14.8 Å². The molecule has 1 unspecified atom stereocenters. The summed E-state index contributed by atoms with van der Waals surface area (Å²) in [5.74, 6) is 1.10. The fourth-order valence-electron chi connectivity index (χ4n) is 2.72. The minimum atomic E-state index is -3.55. The molecule has 3 rings (SSSR count). The van der Waals surface area contributed by atoms with Gasteiger partial charge in [-0.15, -0.1) is 0 Å². The van der Waals surface area contributed by atoms with Gasteiger partial charge in [-0.3, -0.25) is 0 Å². The summed E-state index contributed by atoms with van der Waals surface area (Å²) in [5.41, 5.74) is 0. The third-order valence-electron chi connectivity index (χ3n) is 3.90. The Labute approximate surface area is 131 Å². The summed E-state index contributed by atoms with van der Waals surface area (Å²) in [6.07, 6.45) is 3.77. The highest BCUT2D eigenvalue weighted by atomic mass is 32.2. The van der Waals surface area contributed by atoms with Gasteiger partial charge in [0.15, 0.2) is 11.5 Å². The summed E-state index contributed by atoms with van der Waals surface area (Å²) in [6.45, 7) is 2.74. The van der Waals surface area contributed by atoms with Crippen LogP contribution in [-0.4, -0.2) is 40.8 Å². The molecule has 0 aromatic heterocycles. The lowest BCUT2D eigenvalue weighted by molar-refractivity contribution is 0.297. The first-order chi connectivity index (χ1) is 10.6. The quantitative estimate of drug-likeness (QED) is 0.875. The zero-order valence-electron chi connectivity index (χ0n) is 12.5. The molecule has 7 heteroatoms. The Balaban J connectivity index is 1.78. The van der Waals surface area contributed by atoms with Crippen LogP contribution in [0.1, 0.15) is 25.7 Å². The van der Waals surface area contributed by atoms with Crippen molar-refractivity contribution >= 4 is 10.0 Å². The monoisotopic (exact) mass is 326 g/mol. The molecule has 1 aromatic carbocycles. The van der Waals surface area contributed by atoms with Crippen LogP contribution in [0.15, 0.2) is 23.1 Å². The van der Waals surface area contributed by atoms with Crippen LogP contribution in [0.5, 0.6) is 11.5 Å². The molecule has 2 N–H and O–H groups in total. The molecule has 0 radical (unpaired) electrons. The predicted molar refractivity (Wildman–Crippen MR) is 82.9 cm³/mol. The number of hydrogen-bond acceptors (Lipinski definition) is 5. The normalized spacial score (nSPS) is 22.6. The molecule has 122 valence electrons. The lowest BCUT2D eigenvalue weighted by atomic mass is 10.2. The fourth-order valence-corrected chi connectivity index (χ4v) is 4.00. The summed E-state index contributed by atoms with van der Waals surface area (Å²) in [7, 11) is -3.55. The van der Waals surface area contributed by atoms with Crippen LogP contribution < -0.4 is 19.5 Å². The summed E-state index contributed by atoms with van der Waals surface area (Å²) < 4.78 is 39.0. The summed E-state index contributed by atoms with van der Waals surface area (Å²) in [6, 6.07) is 4.72. The van der Waals surface area contributed by atoms with E-state index in [1.54, 1.807) is 18.2 Å². The van der Waals surface area contributed by atoms with Gasteiger partial charge in [-0.05, 0) is 31.5 Å². The number of nitrogens with one attached hydrogen (secondary N) is 2. The Morgan fingerprint density at radius 3 is 2.77 bits per heavy atom. The van der Waals surface area contributed by atoms with Gasteiger partial charge in [-0.2, -0.15) is 0 Å². The lowest BCUT2D eigenvalue weighted by Gasteiger charge is -2.17. The van der Waals surface area contributed by atoms with E-state index in [1.165, 1.54) is 0 Å². The Bertz CT molecular complexity index is 610. The minimum absolute atomic E-state index is 0.0662. The maximum Gasteiger partial charge on any atom is 0.241 e. The van der Waals surface area contributed by atoms with Gasteiger partial charge in [-0.25, -0.2) is 13.1 Å². The Morgan fingerprint density at radius 2 is 1.91 bits per heavy atom. The first-order valence-electron chi connectivity index (χ1n) is 7.78. The van der Waals surface area contributed by atoms with Crippen molar-refractivity contribution in [1.29, 1.82) is 0 Å². The highest BCUT2D eigenvalue weighted by molar-refractivity contribution is 7.89. The molecule has 6 nitrogen and oxygen atoms in total. The first kappa shape index (κ1) is 15.6. The van der Waals surface area contributed by atoms with Crippen LogP contribution in [0.4, 0.5) is 0 Å². The molecule has 1 saturated heterocycles. The van der Waals surface area contributed by atoms with Gasteiger partial charge in [0, 0.05) is 25.1 Å². The van der Waals surface area contributed by atoms with Crippen LogP contribution in [0.25, 0.3) is 0 Å². The van der Waals surface area contributed by atoms with Crippen molar-refractivity contribution in [1.82, 2.24) is 10.0 Å². The molecule has 1 atom stereocenters. The smallest absolute Gasteiger partial charge is 0.241 e. The van der Waals surface area contributed by atoms with Gasteiger partial charge in [0.25, 0.3) is 0 Å². The molecule has 0 bridgehead atoms. The largest absolute Gasteiger partial charge is 0.490 e. The van der Waals surface area contributed by atoms with E-state index in [-0.39, 0.29) is 10.9 Å². The van der Waals surface area contributed by atoms with Crippen LogP contribution in [-0.2, 0) is 10.0 Å². The number of sulfonamides is 1. The van der Waals surface area contributed by atoms with E-state index in [2.05, 4.69) is 10.0 Å². The van der Waals surface area contributed by atoms with Crippen LogP contribution in [0.2, 0.25) is 0 Å². The predicted octanol–water partition coefficient (Wildman–Crippen LogP) is 1.27. The molecular formula is C15H22N2O4S. The second-order valence-electron chi connectivity index (χ2n) is 5.68. The molecule has 22 heavy (non-hydrogen) atoms. The standard InChI is InChI=1S/C15H22N2O4S/c18-22(19,17-12-4-1-2-7-16-11-12)13-5-6-14-15(10-13)21-9-3-8-20-14/h5-6,10,12,16-17H,1-4,7-9,11H2. The molecule has 1 fully saturated rings. The van der Waals surface area contributed by atoms with E-state index in [4.69, 9.17) is 9.47 Å². The lowest BCUT2D eigenvalue weighted by Crippen LogP contribution is -2.40. The first-order valence-corrected chi connectivity index (χ1v) is 9.26. The molecular weight excluding hydrogens is 304 g/mol. The fraction of sp³-hybridized carbons (Fsp3) is 0.600. The van der Waals surface area contributed by atoms with Gasteiger partial charge >= 0.3 is 0 Å². The number of fused-ring (bicyclic) bond motifs is 1. The van der Waals surface area contributed by atoms with E-state index in [0.29, 0.717) is 31.3 Å². The molecule has 1 aromatic rings.